The zero-order chi connectivity index (χ0) is 17.2. The number of benzene rings is 2. The van der Waals surface area contributed by atoms with E-state index in [0.717, 1.165) is 29.8 Å². The van der Waals surface area contributed by atoms with Crippen LogP contribution in [-0.4, -0.2) is 17.0 Å². The van der Waals surface area contributed by atoms with E-state index in [2.05, 4.69) is 32.6 Å². The van der Waals surface area contributed by atoms with Crippen molar-refractivity contribution < 1.29 is 31.1 Å². The maximum atomic E-state index is 12.5. The fraction of sp³-hybridized carbons (Fsp3) is 0.200. The summed E-state index contributed by atoms with van der Waals surface area (Å²) < 4.78 is 10.4. The molecule has 1 aliphatic heterocycles. The lowest BCUT2D eigenvalue weighted by molar-refractivity contribution is -0.687. The van der Waals surface area contributed by atoms with Gasteiger partial charge < -0.3 is 21.7 Å². The average molecular weight is 478 g/mol. The number of ether oxygens (including phenoxy) is 1. The van der Waals surface area contributed by atoms with Gasteiger partial charge in [-0.05, 0) is 29.3 Å². The Hall–Kier alpha value is -1.92. The lowest BCUT2D eigenvalue weighted by Crippen LogP contribution is -3.00. The van der Waals surface area contributed by atoms with Crippen LogP contribution in [0.2, 0.25) is 0 Å². The minimum absolute atomic E-state index is 0. The van der Waals surface area contributed by atoms with E-state index in [1.165, 1.54) is 11.1 Å². The van der Waals surface area contributed by atoms with Crippen LogP contribution in [0.25, 0.3) is 0 Å². The molecule has 0 amide bonds. The number of carbonyl (C=O) groups excluding carboxylic acids is 1. The van der Waals surface area contributed by atoms with Gasteiger partial charge in [0, 0.05) is 16.5 Å². The monoisotopic (exact) mass is 476 g/mol. The molecular formula is C20H18Br2N2O2. The van der Waals surface area contributed by atoms with Crippen LogP contribution in [0.3, 0.4) is 0 Å². The van der Waals surface area contributed by atoms with Crippen LogP contribution in [0.5, 0.6) is 5.75 Å². The van der Waals surface area contributed by atoms with Crippen molar-refractivity contribution in [2.45, 2.75) is 19.5 Å². The maximum Gasteiger partial charge on any atom is 0.244 e. The highest BCUT2D eigenvalue weighted by atomic mass is 79.9. The molecule has 4 nitrogen and oxygen atoms in total. The second-order valence-electron chi connectivity index (χ2n) is 6.20. The third kappa shape index (κ3) is 4.07. The summed E-state index contributed by atoms with van der Waals surface area (Å²) in [5.74, 6) is 1.09. The van der Waals surface area contributed by atoms with Crippen LogP contribution in [0.1, 0.15) is 21.5 Å². The van der Waals surface area contributed by atoms with Gasteiger partial charge in [-0.25, -0.2) is 9.13 Å². The van der Waals surface area contributed by atoms with Crippen molar-refractivity contribution in [2.75, 3.05) is 6.61 Å². The minimum Gasteiger partial charge on any atom is -1.00 e. The average Bonchev–Trinajstić information content (AvgIpc) is 3.24. The Balaban J connectivity index is 0.00000196. The third-order valence-electron chi connectivity index (χ3n) is 4.37. The number of hydrogen-bond donors (Lipinski definition) is 0. The van der Waals surface area contributed by atoms with E-state index in [4.69, 9.17) is 4.74 Å². The number of Topliss-reactive ketones (excluding diaryl/α,β-unsaturated/α-hetero) is 1. The minimum atomic E-state index is 0. The summed E-state index contributed by atoms with van der Waals surface area (Å²) in [5, 5.41) is 0. The highest BCUT2D eigenvalue weighted by molar-refractivity contribution is 9.10. The molecule has 3 aromatic rings. The largest absolute Gasteiger partial charge is 1.00 e. The smallest absolute Gasteiger partial charge is 0.244 e. The van der Waals surface area contributed by atoms with Gasteiger partial charge in [-0.2, -0.15) is 0 Å². The lowest BCUT2D eigenvalue weighted by Gasteiger charge is -2.02. The van der Waals surface area contributed by atoms with E-state index >= 15 is 0 Å². The Morgan fingerprint density at radius 2 is 2.08 bits per heavy atom. The van der Waals surface area contributed by atoms with E-state index < -0.39 is 0 Å². The molecule has 26 heavy (non-hydrogen) atoms. The maximum absolute atomic E-state index is 12.5. The van der Waals surface area contributed by atoms with Gasteiger partial charge in [0.25, 0.3) is 0 Å². The van der Waals surface area contributed by atoms with Crippen LogP contribution in [0.15, 0.2) is 65.7 Å². The second-order valence-corrected chi connectivity index (χ2v) is 7.06. The van der Waals surface area contributed by atoms with Crippen molar-refractivity contribution in [3.05, 3.63) is 82.3 Å². The standard InChI is InChI=1S/C20H18BrN2O2.BrH/c21-18-4-2-1-3-17(18)19(24)13-23-9-8-22(14-23)12-15-5-6-20-16(11-15)7-10-25-20;/h1-6,8-9,11,14H,7,10,12-13H2;1H/q+1;/p-1. The molecule has 1 aliphatic rings. The number of hydrogen-bond acceptors (Lipinski definition) is 2. The number of carbonyl (C=O) groups is 1. The molecule has 0 saturated heterocycles. The molecule has 0 aliphatic carbocycles. The zero-order valence-electron chi connectivity index (χ0n) is 14.1. The first-order valence-electron chi connectivity index (χ1n) is 8.26. The second kappa shape index (κ2) is 8.18. The third-order valence-corrected chi connectivity index (χ3v) is 5.06. The van der Waals surface area contributed by atoms with Gasteiger partial charge in [-0.3, -0.25) is 4.79 Å². The first-order chi connectivity index (χ1) is 12.2. The number of imidazole rings is 1. The highest BCUT2D eigenvalue weighted by Crippen LogP contribution is 2.25. The summed E-state index contributed by atoms with van der Waals surface area (Å²) >= 11 is 3.44. The number of halogens is 2. The molecule has 0 unspecified atom stereocenters. The molecule has 0 N–H and O–H groups in total. The van der Waals surface area contributed by atoms with Gasteiger partial charge in [0.15, 0.2) is 6.54 Å². The molecule has 2 aromatic carbocycles. The number of fused-ring (bicyclic) bond motifs is 1. The van der Waals surface area contributed by atoms with Gasteiger partial charge in [-0.15, -0.1) is 0 Å². The highest BCUT2D eigenvalue weighted by Gasteiger charge is 2.15. The SMILES string of the molecule is O=C(Cn1cc[n+](Cc2ccc3c(c2)CCO3)c1)c1ccccc1Br.[Br-]. The molecule has 2 heterocycles. The predicted octanol–water partition coefficient (Wildman–Crippen LogP) is 0.408. The molecular weight excluding hydrogens is 460 g/mol. The van der Waals surface area contributed by atoms with E-state index in [9.17, 15) is 4.79 Å². The van der Waals surface area contributed by atoms with Crippen molar-refractivity contribution in [1.29, 1.82) is 0 Å². The Labute approximate surface area is 171 Å². The fourth-order valence-corrected chi connectivity index (χ4v) is 3.62. The number of ketones is 1. The van der Waals surface area contributed by atoms with E-state index in [-0.39, 0.29) is 22.8 Å². The molecule has 0 saturated carbocycles. The molecule has 0 atom stereocenters. The van der Waals surface area contributed by atoms with Crippen molar-refractivity contribution in [2.24, 2.45) is 0 Å². The molecule has 0 fully saturated rings. The summed E-state index contributed by atoms with van der Waals surface area (Å²) in [6.07, 6.45) is 6.88. The van der Waals surface area contributed by atoms with Gasteiger partial charge in [-0.1, -0.05) is 40.2 Å². The molecule has 6 heteroatoms. The number of rotatable bonds is 5. The van der Waals surface area contributed by atoms with Crippen LogP contribution < -0.4 is 26.3 Å². The van der Waals surface area contributed by atoms with Crippen molar-refractivity contribution in [3.63, 3.8) is 0 Å². The normalized spacial score (nSPS) is 12.2. The molecule has 0 spiro atoms. The summed E-state index contributed by atoms with van der Waals surface area (Å²) in [5.41, 5.74) is 3.23. The summed E-state index contributed by atoms with van der Waals surface area (Å²) in [7, 11) is 0. The summed E-state index contributed by atoms with van der Waals surface area (Å²) in [4.78, 5) is 12.5. The first kappa shape index (κ1) is 18.9. The van der Waals surface area contributed by atoms with Gasteiger partial charge in [0.05, 0.1) is 6.61 Å². The van der Waals surface area contributed by atoms with Crippen molar-refractivity contribution in [1.82, 2.24) is 4.57 Å². The van der Waals surface area contributed by atoms with Crippen LogP contribution in [-0.2, 0) is 19.5 Å². The van der Waals surface area contributed by atoms with Crippen LogP contribution in [0, 0.1) is 0 Å². The van der Waals surface area contributed by atoms with E-state index in [1.54, 1.807) is 0 Å². The Kier molecular flexibility index (Phi) is 5.94. The molecule has 4 rings (SSSR count). The Morgan fingerprint density at radius 1 is 1.23 bits per heavy atom. The van der Waals surface area contributed by atoms with Crippen molar-refractivity contribution >= 4 is 21.7 Å². The summed E-state index contributed by atoms with van der Waals surface area (Å²) in [6, 6.07) is 13.9. The van der Waals surface area contributed by atoms with Gasteiger partial charge in [0.1, 0.15) is 24.7 Å². The lowest BCUT2D eigenvalue weighted by atomic mass is 10.1. The number of aromatic nitrogens is 2. The van der Waals surface area contributed by atoms with Crippen molar-refractivity contribution in [3.8, 4) is 5.75 Å². The van der Waals surface area contributed by atoms with Gasteiger partial charge in [0.2, 0.25) is 12.1 Å². The van der Waals surface area contributed by atoms with Gasteiger partial charge >= 0.3 is 0 Å². The molecule has 0 bridgehead atoms. The van der Waals surface area contributed by atoms with E-state index in [1.807, 2.05) is 53.6 Å². The molecule has 1 aromatic heterocycles. The first-order valence-corrected chi connectivity index (χ1v) is 9.05. The Bertz CT molecular complexity index is 937. The fourth-order valence-electron chi connectivity index (χ4n) is 3.11. The molecule has 134 valence electrons. The van der Waals surface area contributed by atoms with Crippen LogP contribution in [0.4, 0.5) is 0 Å². The predicted molar refractivity (Wildman–Crippen MR) is 97.8 cm³/mol. The summed E-state index contributed by atoms with van der Waals surface area (Å²) in [6.45, 7) is 1.89. The van der Waals surface area contributed by atoms with E-state index in [0.29, 0.717) is 12.1 Å². The zero-order valence-corrected chi connectivity index (χ0v) is 17.2. The molecule has 0 radical (unpaired) electrons. The van der Waals surface area contributed by atoms with Crippen LogP contribution >= 0.6 is 15.9 Å². The number of nitrogens with zero attached hydrogens (tertiary/aromatic N) is 2. The quantitative estimate of drug-likeness (QED) is 0.394. The Morgan fingerprint density at radius 3 is 2.92 bits per heavy atom. The topological polar surface area (TPSA) is 35.1 Å².